The second kappa shape index (κ2) is 6.50. The van der Waals surface area contributed by atoms with Gasteiger partial charge in [0.05, 0.1) is 12.5 Å². The fourth-order valence-electron chi connectivity index (χ4n) is 1.15. The third-order valence-electron chi connectivity index (χ3n) is 1.94. The highest BCUT2D eigenvalue weighted by molar-refractivity contribution is 7.99. The second-order valence-corrected chi connectivity index (χ2v) is 4.51. The zero-order valence-corrected chi connectivity index (χ0v) is 9.41. The minimum atomic E-state index is -1.00. The summed E-state index contributed by atoms with van der Waals surface area (Å²) in [4.78, 5) is 11.2. The number of carboxylic acid groups (broad SMARTS) is 1. The molecule has 0 bridgehead atoms. The first kappa shape index (κ1) is 13.0. The molecule has 1 atom stereocenters. The predicted molar refractivity (Wildman–Crippen MR) is 60.0 cm³/mol. The third-order valence-corrected chi connectivity index (χ3v) is 2.99. The normalized spacial score (nSPS) is 12.4. The van der Waals surface area contributed by atoms with Crippen molar-refractivity contribution in [1.29, 1.82) is 0 Å². The molecule has 0 aliphatic carbocycles. The van der Waals surface area contributed by atoms with E-state index in [1.165, 1.54) is 23.9 Å². The summed E-state index contributed by atoms with van der Waals surface area (Å²) >= 11 is 1.46. The first-order valence-electron chi connectivity index (χ1n) is 4.86. The summed E-state index contributed by atoms with van der Waals surface area (Å²) in [6, 6.07) is 6.05. The molecular weight excluding hydrogens is 231 g/mol. The Morgan fingerprint density at radius 3 is 2.56 bits per heavy atom. The van der Waals surface area contributed by atoms with Gasteiger partial charge in [0.1, 0.15) is 5.82 Å². The summed E-state index contributed by atoms with van der Waals surface area (Å²) in [6.07, 6.45) is -0.636. The second-order valence-electron chi connectivity index (χ2n) is 3.34. The molecule has 0 unspecified atom stereocenters. The molecule has 1 rings (SSSR count). The lowest BCUT2D eigenvalue weighted by atomic mass is 10.2. The topological polar surface area (TPSA) is 57.5 Å². The Balaban J connectivity index is 2.25. The molecule has 0 saturated heterocycles. The van der Waals surface area contributed by atoms with Crippen LogP contribution in [0.25, 0.3) is 0 Å². The minimum absolute atomic E-state index is 0.232. The van der Waals surface area contributed by atoms with Crippen molar-refractivity contribution in [3.05, 3.63) is 30.1 Å². The van der Waals surface area contributed by atoms with E-state index in [0.29, 0.717) is 12.2 Å². The van der Waals surface area contributed by atoms with Crippen LogP contribution in [0.2, 0.25) is 0 Å². The Morgan fingerprint density at radius 1 is 1.38 bits per heavy atom. The molecule has 0 aromatic heterocycles. The summed E-state index contributed by atoms with van der Waals surface area (Å²) in [7, 11) is 0. The van der Waals surface area contributed by atoms with E-state index in [4.69, 9.17) is 5.11 Å². The van der Waals surface area contributed by atoms with Gasteiger partial charge in [0.2, 0.25) is 0 Å². The zero-order chi connectivity index (χ0) is 12.0. The average Bonchev–Trinajstić information content (AvgIpc) is 2.20. The van der Waals surface area contributed by atoms with Gasteiger partial charge >= 0.3 is 5.97 Å². The highest BCUT2D eigenvalue weighted by Crippen LogP contribution is 2.19. The van der Waals surface area contributed by atoms with Gasteiger partial charge in [0, 0.05) is 10.6 Å². The fraction of sp³-hybridized carbons (Fsp3) is 0.364. The Morgan fingerprint density at radius 2 is 2.00 bits per heavy atom. The van der Waals surface area contributed by atoms with Gasteiger partial charge in [-0.05, 0) is 30.7 Å². The molecule has 0 aliphatic rings. The van der Waals surface area contributed by atoms with Gasteiger partial charge in [-0.1, -0.05) is 0 Å². The molecular formula is C11H13FO3S. The average molecular weight is 244 g/mol. The summed E-state index contributed by atoms with van der Waals surface area (Å²) < 4.78 is 12.6. The van der Waals surface area contributed by atoms with Crippen molar-refractivity contribution in [2.75, 3.05) is 5.75 Å². The number of aliphatic carboxylic acids is 1. The standard InChI is InChI=1S/C11H13FO3S/c12-8-1-3-10(4-2-8)16-6-5-9(13)7-11(14)15/h1-4,9,13H,5-7H2,(H,14,15)/t9-/m0/s1. The van der Waals surface area contributed by atoms with Gasteiger partial charge in [0.15, 0.2) is 0 Å². The van der Waals surface area contributed by atoms with Crippen molar-refractivity contribution in [3.8, 4) is 0 Å². The smallest absolute Gasteiger partial charge is 0.305 e. The molecule has 1 aromatic carbocycles. The van der Waals surface area contributed by atoms with Crippen LogP contribution in [0.5, 0.6) is 0 Å². The number of hydrogen-bond acceptors (Lipinski definition) is 3. The van der Waals surface area contributed by atoms with Gasteiger partial charge in [-0.2, -0.15) is 0 Å². The van der Waals surface area contributed by atoms with Crippen molar-refractivity contribution < 1.29 is 19.4 Å². The van der Waals surface area contributed by atoms with E-state index in [2.05, 4.69) is 0 Å². The van der Waals surface area contributed by atoms with Crippen molar-refractivity contribution in [3.63, 3.8) is 0 Å². The van der Waals surface area contributed by atoms with E-state index in [9.17, 15) is 14.3 Å². The number of rotatable bonds is 6. The minimum Gasteiger partial charge on any atom is -0.481 e. The summed E-state index contributed by atoms with van der Waals surface area (Å²) in [5.74, 6) is -0.672. The number of halogens is 1. The molecule has 0 aliphatic heterocycles. The number of carboxylic acids is 1. The predicted octanol–water partition coefficient (Wildman–Crippen LogP) is 2.14. The van der Waals surface area contributed by atoms with E-state index < -0.39 is 12.1 Å². The van der Waals surface area contributed by atoms with Crippen LogP contribution in [0.15, 0.2) is 29.2 Å². The first-order chi connectivity index (χ1) is 7.58. The van der Waals surface area contributed by atoms with E-state index in [-0.39, 0.29) is 12.2 Å². The van der Waals surface area contributed by atoms with Gasteiger partial charge in [-0.3, -0.25) is 4.79 Å². The molecule has 2 N–H and O–H groups in total. The molecule has 16 heavy (non-hydrogen) atoms. The molecule has 0 radical (unpaired) electrons. The summed E-state index contributed by atoms with van der Waals surface area (Å²) in [5.41, 5.74) is 0. The number of hydrogen-bond donors (Lipinski definition) is 2. The molecule has 0 spiro atoms. The lowest BCUT2D eigenvalue weighted by Gasteiger charge is -2.07. The quantitative estimate of drug-likeness (QED) is 0.753. The number of aliphatic hydroxyl groups is 1. The first-order valence-corrected chi connectivity index (χ1v) is 5.84. The van der Waals surface area contributed by atoms with Crippen molar-refractivity contribution in [2.45, 2.75) is 23.8 Å². The van der Waals surface area contributed by atoms with Crippen LogP contribution in [0.3, 0.4) is 0 Å². The van der Waals surface area contributed by atoms with Gasteiger partial charge in [-0.15, -0.1) is 11.8 Å². The fourth-order valence-corrected chi connectivity index (χ4v) is 2.10. The number of benzene rings is 1. The lowest BCUT2D eigenvalue weighted by Crippen LogP contribution is -2.13. The Labute approximate surface area is 97.3 Å². The maximum absolute atomic E-state index is 12.6. The molecule has 5 heteroatoms. The van der Waals surface area contributed by atoms with Gasteiger partial charge in [-0.25, -0.2) is 4.39 Å². The van der Waals surface area contributed by atoms with Gasteiger partial charge < -0.3 is 10.2 Å². The van der Waals surface area contributed by atoms with Crippen LogP contribution in [-0.2, 0) is 4.79 Å². The van der Waals surface area contributed by atoms with Gasteiger partial charge in [0.25, 0.3) is 0 Å². The van der Waals surface area contributed by atoms with E-state index in [1.807, 2.05) is 0 Å². The Hall–Kier alpha value is -1.07. The summed E-state index contributed by atoms with van der Waals surface area (Å²) in [6.45, 7) is 0. The van der Waals surface area contributed by atoms with E-state index >= 15 is 0 Å². The molecule has 0 saturated carbocycles. The highest BCUT2D eigenvalue weighted by atomic mass is 32.2. The highest BCUT2D eigenvalue weighted by Gasteiger charge is 2.08. The van der Waals surface area contributed by atoms with E-state index in [1.54, 1.807) is 12.1 Å². The molecule has 0 fully saturated rings. The van der Waals surface area contributed by atoms with Crippen molar-refractivity contribution >= 4 is 17.7 Å². The largest absolute Gasteiger partial charge is 0.481 e. The van der Waals surface area contributed by atoms with E-state index in [0.717, 1.165) is 4.90 Å². The molecule has 3 nitrogen and oxygen atoms in total. The number of carbonyl (C=O) groups is 1. The maximum atomic E-state index is 12.6. The monoisotopic (exact) mass is 244 g/mol. The Bertz CT molecular complexity index is 340. The van der Waals surface area contributed by atoms with Crippen LogP contribution < -0.4 is 0 Å². The Kier molecular flexibility index (Phi) is 5.28. The van der Waals surface area contributed by atoms with Crippen LogP contribution >= 0.6 is 11.8 Å². The maximum Gasteiger partial charge on any atom is 0.305 e. The molecule has 0 amide bonds. The zero-order valence-electron chi connectivity index (χ0n) is 8.60. The number of thioether (sulfide) groups is 1. The van der Waals surface area contributed by atoms with Crippen LogP contribution in [0.4, 0.5) is 4.39 Å². The summed E-state index contributed by atoms with van der Waals surface area (Å²) in [5, 5.41) is 17.7. The van der Waals surface area contributed by atoms with Crippen molar-refractivity contribution in [1.82, 2.24) is 0 Å². The van der Waals surface area contributed by atoms with Crippen LogP contribution in [0.1, 0.15) is 12.8 Å². The lowest BCUT2D eigenvalue weighted by molar-refractivity contribution is -0.139. The molecule has 88 valence electrons. The number of aliphatic hydroxyl groups excluding tert-OH is 1. The van der Waals surface area contributed by atoms with Crippen LogP contribution in [0, 0.1) is 5.82 Å². The van der Waals surface area contributed by atoms with Crippen LogP contribution in [-0.4, -0.2) is 28.0 Å². The molecule has 1 aromatic rings. The molecule has 0 heterocycles. The van der Waals surface area contributed by atoms with Crippen molar-refractivity contribution in [2.24, 2.45) is 0 Å². The third kappa shape index (κ3) is 5.14. The SMILES string of the molecule is O=C(O)C[C@@H](O)CCSc1ccc(F)cc1.